The van der Waals surface area contributed by atoms with Crippen molar-refractivity contribution in [1.29, 1.82) is 0 Å². The lowest BCUT2D eigenvalue weighted by Gasteiger charge is -2.37. The van der Waals surface area contributed by atoms with Gasteiger partial charge in [0.15, 0.2) is 5.96 Å². The van der Waals surface area contributed by atoms with Crippen LogP contribution in [0.2, 0.25) is 0 Å². The minimum absolute atomic E-state index is 0. The summed E-state index contributed by atoms with van der Waals surface area (Å²) in [5.74, 6) is 1.84. The molecule has 31 heavy (non-hydrogen) atoms. The number of benzene rings is 1. The average Bonchev–Trinajstić information content (AvgIpc) is 2.82. The summed E-state index contributed by atoms with van der Waals surface area (Å²) < 4.78 is 0. The van der Waals surface area contributed by atoms with Crippen molar-refractivity contribution in [3.05, 3.63) is 53.9 Å². The first kappa shape index (κ1) is 23.7. The van der Waals surface area contributed by atoms with Crippen molar-refractivity contribution in [2.75, 3.05) is 50.7 Å². The molecular formula is C23H34IN7. The molecule has 7 nitrogen and oxygen atoms in total. The number of aliphatic imine (C=N–C) groups is 1. The second kappa shape index (κ2) is 11.6. The monoisotopic (exact) mass is 535 g/mol. The fraction of sp³-hybridized carbons (Fsp3) is 0.522. The van der Waals surface area contributed by atoms with Crippen LogP contribution >= 0.6 is 24.0 Å². The van der Waals surface area contributed by atoms with Crippen molar-refractivity contribution in [3.63, 3.8) is 0 Å². The summed E-state index contributed by atoms with van der Waals surface area (Å²) in [5, 5.41) is 3.49. The van der Waals surface area contributed by atoms with Crippen LogP contribution in [0.25, 0.3) is 0 Å². The first-order valence-corrected chi connectivity index (χ1v) is 11.1. The van der Waals surface area contributed by atoms with E-state index in [9.17, 15) is 0 Å². The number of halogens is 1. The van der Waals surface area contributed by atoms with Crippen molar-refractivity contribution >= 4 is 35.9 Å². The van der Waals surface area contributed by atoms with Gasteiger partial charge in [-0.2, -0.15) is 0 Å². The predicted molar refractivity (Wildman–Crippen MR) is 137 cm³/mol. The molecule has 1 aromatic heterocycles. The SMILES string of the molecule is CCNC(=NCC(C)N1CCc2ccccc2C1)N1CCN(c2ncccn2)CC1.I. The molecule has 1 fully saturated rings. The quantitative estimate of drug-likeness (QED) is 0.361. The summed E-state index contributed by atoms with van der Waals surface area (Å²) in [7, 11) is 0. The van der Waals surface area contributed by atoms with Gasteiger partial charge in [0.1, 0.15) is 0 Å². The molecule has 2 aromatic rings. The van der Waals surface area contributed by atoms with Gasteiger partial charge in [-0.25, -0.2) is 9.97 Å². The molecule has 168 valence electrons. The van der Waals surface area contributed by atoms with E-state index in [-0.39, 0.29) is 24.0 Å². The number of nitrogens with zero attached hydrogens (tertiary/aromatic N) is 6. The first-order valence-electron chi connectivity index (χ1n) is 11.1. The smallest absolute Gasteiger partial charge is 0.225 e. The number of guanidine groups is 1. The molecule has 0 bridgehead atoms. The highest BCUT2D eigenvalue weighted by Gasteiger charge is 2.23. The van der Waals surface area contributed by atoms with Gasteiger partial charge in [0, 0.05) is 64.2 Å². The van der Waals surface area contributed by atoms with Crippen LogP contribution in [0, 0.1) is 0 Å². The van der Waals surface area contributed by atoms with Crippen LogP contribution in [0.1, 0.15) is 25.0 Å². The van der Waals surface area contributed by atoms with Gasteiger partial charge in [-0.15, -0.1) is 24.0 Å². The highest BCUT2D eigenvalue weighted by atomic mass is 127. The molecule has 1 unspecified atom stereocenters. The van der Waals surface area contributed by atoms with Gasteiger partial charge in [0.05, 0.1) is 6.54 Å². The Bertz CT molecular complexity index is 837. The normalized spacial score (nSPS) is 18.2. The van der Waals surface area contributed by atoms with Crippen LogP contribution in [0.3, 0.4) is 0 Å². The lowest BCUT2D eigenvalue weighted by Crippen LogP contribution is -2.53. The summed E-state index contributed by atoms with van der Waals surface area (Å²) in [6.07, 6.45) is 4.75. The van der Waals surface area contributed by atoms with Gasteiger partial charge in [0.2, 0.25) is 5.95 Å². The predicted octanol–water partition coefficient (Wildman–Crippen LogP) is 2.63. The van der Waals surface area contributed by atoms with E-state index in [2.05, 4.69) is 68.1 Å². The summed E-state index contributed by atoms with van der Waals surface area (Å²) in [6.45, 7) is 11.9. The van der Waals surface area contributed by atoms with Crippen LogP contribution in [-0.2, 0) is 13.0 Å². The maximum Gasteiger partial charge on any atom is 0.225 e. The van der Waals surface area contributed by atoms with E-state index in [0.29, 0.717) is 6.04 Å². The number of hydrogen-bond donors (Lipinski definition) is 1. The Balaban J connectivity index is 0.00000272. The number of piperazine rings is 1. The van der Waals surface area contributed by atoms with Crippen molar-refractivity contribution in [2.24, 2.45) is 4.99 Å². The Hall–Kier alpha value is -1.94. The Kier molecular flexibility index (Phi) is 8.89. The average molecular weight is 535 g/mol. The first-order chi connectivity index (χ1) is 14.7. The van der Waals surface area contributed by atoms with E-state index in [1.54, 1.807) is 12.4 Å². The molecule has 1 N–H and O–H groups in total. The zero-order valence-corrected chi connectivity index (χ0v) is 20.9. The molecule has 0 radical (unpaired) electrons. The second-order valence-corrected chi connectivity index (χ2v) is 8.06. The molecular weight excluding hydrogens is 501 g/mol. The fourth-order valence-corrected chi connectivity index (χ4v) is 4.23. The van der Waals surface area contributed by atoms with E-state index >= 15 is 0 Å². The number of aromatic nitrogens is 2. The van der Waals surface area contributed by atoms with Crippen molar-refractivity contribution in [1.82, 2.24) is 25.1 Å². The lowest BCUT2D eigenvalue weighted by atomic mass is 9.99. The van der Waals surface area contributed by atoms with E-state index in [1.165, 1.54) is 11.1 Å². The molecule has 1 saturated heterocycles. The minimum Gasteiger partial charge on any atom is -0.357 e. The number of rotatable bonds is 5. The van der Waals surface area contributed by atoms with Crippen LogP contribution in [0.5, 0.6) is 0 Å². The zero-order chi connectivity index (χ0) is 20.8. The van der Waals surface area contributed by atoms with Crippen LogP contribution in [0.4, 0.5) is 5.95 Å². The Morgan fingerprint density at radius 3 is 2.45 bits per heavy atom. The molecule has 1 atom stereocenters. The maximum absolute atomic E-state index is 5.01. The molecule has 3 heterocycles. The van der Waals surface area contributed by atoms with E-state index < -0.39 is 0 Å². The van der Waals surface area contributed by atoms with Crippen molar-refractivity contribution < 1.29 is 0 Å². The number of nitrogens with one attached hydrogen (secondary N) is 1. The second-order valence-electron chi connectivity index (χ2n) is 8.06. The number of anilines is 1. The van der Waals surface area contributed by atoms with Gasteiger partial charge in [-0.1, -0.05) is 24.3 Å². The molecule has 0 aliphatic carbocycles. The Morgan fingerprint density at radius 1 is 1.03 bits per heavy atom. The number of hydrogen-bond acceptors (Lipinski definition) is 5. The molecule has 4 rings (SSSR count). The van der Waals surface area contributed by atoms with Gasteiger partial charge in [-0.05, 0) is 37.5 Å². The Labute approximate surface area is 203 Å². The summed E-state index contributed by atoms with van der Waals surface area (Å²) >= 11 is 0. The summed E-state index contributed by atoms with van der Waals surface area (Å²) in [5.41, 5.74) is 2.96. The fourth-order valence-electron chi connectivity index (χ4n) is 4.23. The van der Waals surface area contributed by atoms with E-state index in [0.717, 1.165) is 70.7 Å². The van der Waals surface area contributed by atoms with Gasteiger partial charge >= 0.3 is 0 Å². The lowest BCUT2D eigenvalue weighted by molar-refractivity contribution is 0.195. The topological polar surface area (TPSA) is 59.9 Å². The van der Waals surface area contributed by atoms with Gasteiger partial charge in [-0.3, -0.25) is 9.89 Å². The molecule has 2 aliphatic heterocycles. The molecule has 8 heteroatoms. The summed E-state index contributed by atoms with van der Waals surface area (Å²) in [6, 6.07) is 11.1. The van der Waals surface area contributed by atoms with Crippen LogP contribution < -0.4 is 10.2 Å². The third-order valence-electron chi connectivity index (χ3n) is 6.04. The number of fused-ring (bicyclic) bond motifs is 1. The van der Waals surface area contributed by atoms with E-state index in [1.807, 2.05) is 6.07 Å². The molecule has 0 spiro atoms. The standard InChI is InChI=1S/C23H33N7.HI/c1-3-24-22(28-13-15-29(16-14-28)23-25-10-6-11-26-23)27-17-19(2)30-12-9-20-7-4-5-8-21(20)18-30;/h4-8,10-11,19H,3,9,12-18H2,1-2H3,(H,24,27);1H. The molecule has 2 aliphatic rings. The third-order valence-corrected chi connectivity index (χ3v) is 6.04. The molecule has 0 amide bonds. The van der Waals surface area contributed by atoms with Gasteiger partial charge in [0.25, 0.3) is 0 Å². The zero-order valence-electron chi connectivity index (χ0n) is 18.6. The van der Waals surface area contributed by atoms with Gasteiger partial charge < -0.3 is 15.1 Å². The highest BCUT2D eigenvalue weighted by molar-refractivity contribution is 14.0. The Morgan fingerprint density at radius 2 is 1.74 bits per heavy atom. The largest absolute Gasteiger partial charge is 0.357 e. The minimum atomic E-state index is 0. The third kappa shape index (κ3) is 6.06. The molecule has 1 aromatic carbocycles. The van der Waals surface area contributed by atoms with Crippen molar-refractivity contribution in [2.45, 2.75) is 32.9 Å². The highest BCUT2D eigenvalue weighted by Crippen LogP contribution is 2.20. The van der Waals surface area contributed by atoms with E-state index in [4.69, 9.17) is 4.99 Å². The van der Waals surface area contributed by atoms with Crippen LogP contribution in [0.15, 0.2) is 47.7 Å². The molecule has 0 saturated carbocycles. The van der Waals surface area contributed by atoms with Crippen molar-refractivity contribution in [3.8, 4) is 0 Å². The summed E-state index contributed by atoms with van der Waals surface area (Å²) in [4.78, 5) is 20.9. The van der Waals surface area contributed by atoms with Crippen LogP contribution in [-0.4, -0.2) is 77.6 Å². The maximum atomic E-state index is 5.01.